The van der Waals surface area contributed by atoms with E-state index < -0.39 is 29.3 Å². The van der Waals surface area contributed by atoms with Gasteiger partial charge in [0.2, 0.25) is 5.91 Å². The van der Waals surface area contributed by atoms with Crippen LogP contribution in [-0.4, -0.2) is 52.5 Å². The maximum atomic E-state index is 14.1. The average molecular weight is 617 g/mol. The molecule has 10 heteroatoms. The van der Waals surface area contributed by atoms with E-state index in [1.54, 1.807) is 36.9 Å². The number of fused-ring (bicyclic) bond motifs is 6. The van der Waals surface area contributed by atoms with Crippen molar-refractivity contribution in [2.24, 2.45) is 5.92 Å². The van der Waals surface area contributed by atoms with Gasteiger partial charge < -0.3 is 24.8 Å². The van der Waals surface area contributed by atoms with Gasteiger partial charge in [-0.1, -0.05) is 33.3 Å². The molecule has 2 amide bonds. The number of carbonyl (C=O) groups is 3. The lowest BCUT2D eigenvalue weighted by molar-refractivity contribution is -0.169. The van der Waals surface area contributed by atoms with Gasteiger partial charge in [-0.05, 0) is 75.4 Å². The third kappa shape index (κ3) is 5.75. The van der Waals surface area contributed by atoms with Crippen molar-refractivity contribution in [2.75, 3.05) is 6.61 Å². The first kappa shape index (κ1) is 30.9. The van der Waals surface area contributed by atoms with Gasteiger partial charge in [-0.2, -0.15) is 0 Å². The summed E-state index contributed by atoms with van der Waals surface area (Å²) < 4.78 is 18.4. The Morgan fingerprint density at radius 3 is 2.62 bits per heavy atom. The number of aryl methyl sites for hydroxylation is 1. The van der Waals surface area contributed by atoms with E-state index in [1.807, 2.05) is 26.0 Å². The second-order valence-corrected chi connectivity index (χ2v) is 13.7. The summed E-state index contributed by atoms with van der Waals surface area (Å²) in [5, 5.41) is 15.6. The fraction of sp³-hybridized carbons (Fsp3) is 0.543. The van der Waals surface area contributed by atoms with Crippen molar-refractivity contribution >= 4 is 23.7 Å². The standard InChI is InChI=1S/C35H44N4O6/c1-6-35-15-8-7-9-21-10-12-27-24(17-21)29(30(34(4,5)45-27)44-32(42)20(2)3)37-31(41)22-11-13-26-23(18-22)25(14-16-43-26)39(28(40)19-35)33(36)38-35/h10-13,17-18,20,25,29-30H,6-9,14-16,19H2,1-5H3,(H2,36,38)(H,37,41)/t25-,29-,30+,35-/m1/s1. The Balaban J connectivity index is 1.45. The molecule has 10 nitrogen and oxygen atoms in total. The highest BCUT2D eigenvalue weighted by Crippen LogP contribution is 2.44. The smallest absolute Gasteiger partial charge is 0.308 e. The van der Waals surface area contributed by atoms with Gasteiger partial charge >= 0.3 is 5.97 Å². The number of esters is 1. The molecule has 1 saturated heterocycles. The third-order valence-electron chi connectivity index (χ3n) is 9.79. The Morgan fingerprint density at radius 1 is 1.11 bits per heavy atom. The van der Waals surface area contributed by atoms with Crippen molar-refractivity contribution in [1.29, 1.82) is 5.41 Å². The lowest BCUT2D eigenvalue weighted by Gasteiger charge is -2.46. The Morgan fingerprint density at radius 2 is 1.89 bits per heavy atom. The molecule has 3 N–H and O–H groups in total. The second-order valence-electron chi connectivity index (χ2n) is 13.7. The third-order valence-corrected chi connectivity index (χ3v) is 9.79. The normalized spacial score (nSPS) is 27.4. The van der Waals surface area contributed by atoms with Crippen LogP contribution < -0.4 is 20.1 Å². The van der Waals surface area contributed by atoms with Crippen LogP contribution in [0.3, 0.4) is 0 Å². The van der Waals surface area contributed by atoms with Crippen LogP contribution in [0.2, 0.25) is 0 Å². The molecule has 5 aliphatic heterocycles. The Bertz CT molecular complexity index is 1520. The van der Waals surface area contributed by atoms with Crippen molar-refractivity contribution in [1.82, 2.24) is 15.5 Å². The Labute approximate surface area is 264 Å². The van der Waals surface area contributed by atoms with E-state index >= 15 is 0 Å². The predicted molar refractivity (Wildman–Crippen MR) is 168 cm³/mol. The summed E-state index contributed by atoms with van der Waals surface area (Å²) in [6.07, 6.45) is 4.08. The topological polar surface area (TPSA) is 130 Å². The zero-order valence-electron chi connectivity index (χ0n) is 26.8. The molecule has 5 aliphatic rings. The van der Waals surface area contributed by atoms with E-state index in [1.165, 1.54) is 0 Å². The highest BCUT2D eigenvalue weighted by Gasteiger charge is 2.48. The van der Waals surface area contributed by atoms with Crippen molar-refractivity contribution in [3.63, 3.8) is 0 Å². The number of carbonyl (C=O) groups excluding carboxylic acids is 3. The summed E-state index contributed by atoms with van der Waals surface area (Å²) >= 11 is 0. The summed E-state index contributed by atoms with van der Waals surface area (Å²) in [6.45, 7) is 9.77. The maximum Gasteiger partial charge on any atom is 0.308 e. The SMILES string of the molecule is CC[C@]12CCCCc3ccc4c(c3)[C@@H](NC(=O)c3ccc5c(c3)[C@@H](CCO5)N(C(=N)N1)C(=O)C2)[C@H](OC(=O)C(C)C)C(C)(C)O4. The molecule has 4 atom stereocenters. The van der Waals surface area contributed by atoms with Gasteiger partial charge in [-0.3, -0.25) is 24.7 Å². The second kappa shape index (κ2) is 11.7. The summed E-state index contributed by atoms with van der Waals surface area (Å²) in [6, 6.07) is 10.2. The summed E-state index contributed by atoms with van der Waals surface area (Å²) in [7, 11) is 0. The molecule has 45 heavy (non-hydrogen) atoms. The zero-order valence-corrected chi connectivity index (χ0v) is 26.8. The fourth-order valence-corrected chi connectivity index (χ4v) is 7.15. The number of hydrogen-bond donors (Lipinski definition) is 3. The molecule has 0 unspecified atom stereocenters. The molecular weight excluding hydrogens is 572 g/mol. The number of amides is 2. The summed E-state index contributed by atoms with van der Waals surface area (Å²) in [5.41, 5.74) is 1.54. The molecule has 0 saturated carbocycles. The van der Waals surface area contributed by atoms with Crippen LogP contribution in [0.25, 0.3) is 0 Å². The molecule has 5 heterocycles. The van der Waals surface area contributed by atoms with E-state index in [4.69, 9.17) is 19.6 Å². The van der Waals surface area contributed by atoms with E-state index in [0.29, 0.717) is 42.1 Å². The monoisotopic (exact) mass is 616 g/mol. The Kier molecular flexibility index (Phi) is 8.03. The van der Waals surface area contributed by atoms with Crippen LogP contribution in [-0.2, 0) is 20.7 Å². The van der Waals surface area contributed by atoms with Crippen molar-refractivity contribution < 1.29 is 28.6 Å². The molecule has 2 aromatic rings. The molecule has 2 aromatic carbocycles. The van der Waals surface area contributed by atoms with Gasteiger partial charge in [0.25, 0.3) is 5.91 Å². The number of nitrogens with one attached hydrogen (secondary N) is 3. The van der Waals surface area contributed by atoms with Crippen molar-refractivity contribution in [3.8, 4) is 11.5 Å². The molecule has 240 valence electrons. The van der Waals surface area contributed by atoms with Crippen molar-refractivity contribution in [2.45, 2.75) is 109 Å². The molecule has 1 fully saturated rings. The average Bonchev–Trinajstić information content (AvgIpc) is 3.00. The molecule has 7 rings (SSSR count). The van der Waals surface area contributed by atoms with Crippen LogP contribution in [0.1, 0.15) is 112 Å². The molecular formula is C35H44N4O6. The summed E-state index contributed by atoms with van der Waals surface area (Å²) in [4.78, 5) is 42.3. The maximum absolute atomic E-state index is 14.1. The first-order valence-corrected chi connectivity index (χ1v) is 16.2. The van der Waals surface area contributed by atoms with Gasteiger partial charge in [-0.15, -0.1) is 0 Å². The van der Waals surface area contributed by atoms with Crippen LogP contribution in [0, 0.1) is 11.3 Å². The number of guanidine groups is 1. The van der Waals surface area contributed by atoms with E-state index in [-0.39, 0.29) is 29.7 Å². The first-order valence-electron chi connectivity index (χ1n) is 16.2. The van der Waals surface area contributed by atoms with Crippen LogP contribution in [0.5, 0.6) is 11.5 Å². The minimum Gasteiger partial charge on any atom is -0.493 e. The van der Waals surface area contributed by atoms with Gasteiger partial charge in [0, 0.05) is 28.7 Å². The van der Waals surface area contributed by atoms with Gasteiger partial charge in [0.1, 0.15) is 17.1 Å². The Hall–Kier alpha value is -4.08. The number of rotatable bonds is 3. The van der Waals surface area contributed by atoms with Gasteiger partial charge in [0.15, 0.2) is 12.1 Å². The number of nitrogens with zero attached hydrogens (tertiary/aromatic N) is 1. The molecule has 0 aromatic heterocycles. The van der Waals surface area contributed by atoms with Crippen LogP contribution >= 0.6 is 0 Å². The minimum atomic E-state index is -0.919. The lowest BCUT2D eigenvalue weighted by atomic mass is 9.82. The van der Waals surface area contributed by atoms with E-state index in [0.717, 1.165) is 43.2 Å². The predicted octanol–water partition coefficient (Wildman–Crippen LogP) is 5.35. The molecule has 0 aliphatic carbocycles. The quantitative estimate of drug-likeness (QED) is 0.396. The van der Waals surface area contributed by atoms with Gasteiger partial charge in [-0.25, -0.2) is 0 Å². The van der Waals surface area contributed by atoms with E-state index in [9.17, 15) is 14.4 Å². The highest BCUT2D eigenvalue weighted by atomic mass is 16.6. The number of ether oxygens (including phenoxy) is 3. The van der Waals surface area contributed by atoms with Crippen molar-refractivity contribution in [3.05, 3.63) is 58.7 Å². The number of benzene rings is 2. The molecule has 6 bridgehead atoms. The van der Waals surface area contributed by atoms with Crippen LogP contribution in [0.15, 0.2) is 36.4 Å². The first-order chi connectivity index (χ1) is 21.4. The molecule has 0 spiro atoms. The highest BCUT2D eigenvalue weighted by molar-refractivity contribution is 6.00. The fourth-order valence-electron chi connectivity index (χ4n) is 7.15. The minimum absolute atomic E-state index is 0.0890. The van der Waals surface area contributed by atoms with Gasteiger partial charge in [0.05, 0.1) is 31.0 Å². The lowest BCUT2D eigenvalue weighted by Crippen LogP contribution is -2.63. The molecule has 0 radical (unpaired) electrons. The zero-order chi connectivity index (χ0) is 32.1. The number of hydrogen-bond acceptors (Lipinski definition) is 7. The summed E-state index contributed by atoms with van der Waals surface area (Å²) in [5.74, 6) is 0.181. The van der Waals surface area contributed by atoms with Crippen LogP contribution in [0.4, 0.5) is 0 Å². The largest absolute Gasteiger partial charge is 0.493 e. The van der Waals surface area contributed by atoms with E-state index in [2.05, 4.69) is 23.6 Å².